The lowest BCUT2D eigenvalue weighted by atomic mass is 9.86. The smallest absolute Gasteiger partial charge is 0.341 e. The molecule has 0 aliphatic carbocycles. The van der Waals surface area contributed by atoms with Gasteiger partial charge in [-0.1, -0.05) is 45.0 Å². The highest BCUT2D eigenvalue weighted by molar-refractivity contribution is 5.87. The summed E-state index contributed by atoms with van der Waals surface area (Å²) in [6.45, 7) is 6.16. The van der Waals surface area contributed by atoms with Gasteiger partial charge in [0.2, 0.25) is 0 Å². The molecule has 0 radical (unpaired) electrons. The van der Waals surface area contributed by atoms with E-state index in [0.29, 0.717) is 5.69 Å². The molecule has 0 saturated heterocycles. The predicted molar refractivity (Wildman–Crippen MR) is 88.9 cm³/mol. The molecule has 0 fully saturated rings. The second kappa shape index (κ2) is 6.38. The van der Waals surface area contributed by atoms with Crippen LogP contribution in [-0.2, 0) is 12.0 Å². The Morgan fingerprint density at radius 1 is 1.09 bits per heavy atom. The number of carbonyl (C=O) groups is 1. The Bertz CT molecular complexity index is 767. The van der Waals surface area contributed by atoms with Gasteiger partial charge in [-0.15, -0.1) is 0 Å². The van der Waals surface area contributed by atoms with E-state index in [1.807, 2.05) is 24.3 Å². The quantitative estimate of drug-likeness (QED) is 0.908. The van der Waals surface area contributed by atoms with Crippen LogP contribution in [0.4, 0.5) is 0 Å². The largest absolute Gasteiger partial charge is 0.477 e. The first kappa shape index (κ1) is 17.0. The van der Waals surface area contributed by atoms with Crippen molar-refractivity contribution in [2.45, 2.75) is 32.7 Å². The zero-order valence-electron chi connectivity index (χ0n) is 13.5. The van der Waals surface area contributed by atoms with Gasteiger partial charge >= 0.3 is 5.97 Å². The number of nitrogens with zero attached hydrogens (tertiary/aromatic N) is 1. The average molecular weight is 315 g/mol. The first-order valence-electron chi connectivity index (χ1n) is 7.44. The standard InChI is InChI=1S/C18H21NO4/c1-18(2,3)13-6-4-12(5-7-13)15-9-8-14(17(22)23)16(21)19(15)10-11-20/h4-9,20H,10-11H2,1-3H3,(H,22,23). The molecule has 122 valence electrons. The molecule has 0 spiro atoms. The van der Waals surface area contributed by atoms with E-state index in [4.69, 9.17) is 5.11 Å². The fourth-order valence-corrected chi connectivity index (χ4v) is 2.46. The normalized spacial score (nSPS) is 11.5. The number of benzene rings is 1. The Kier molecular flexibility index (Phi) is 4.71. The van der Waals surface area contributed by atoms with Crippen LogP contribution in [0.15, 0.2) is 41.2 Å². The van der Waals surface area contributed by atoms with Gasteiger partial charge in [-0.3, -0.25) is 4.79 Å². The maximum atomic E-state index is 12.3. The van der Waals surface area contributed by atoms with Gasteiger partial charge in [0.25, 0.3) is 5.56 Å². The third kappa shape index (κ3) is 3.51. The van der Waals surface area contributed by atoms with E-state index in [1.165, 1.54) is 16.2 Å². The van der Waals surface area contributed by atoms with Crippen LogP contribution >= 0.6 is 0 Å². The lowest BCUT2D eigenvalue weighted by molar-refractivity contribution is 0.0694. The van der Waals surface area contributed by atoms with Crippen molar-refractivity contribution < 1.29 is 15.0 Å². The summed E-state index contributed by atoms with van der Waals surface area (Å²) >= 11 is 0. The number of hydrogen-bond acceptors (Lipinski definition) is 3. The second-order valence-electron chi connectivity index (χ2n) is 6.45. The lowest BCUT2D eigenvalue weighted by Crippen LogP contribution is -2.28. The summed E-state index contributed by atoms with van der Waals surface area (Å²) in [5, 5.41) is 18.3. The Hall–Kier alpha value is -2.40. The molecule has 1 heterocycles. The maximum Gasteiger partial charge on any atom is 0.341 e. The first-order chi connectivity index (χ1) is 10.8. The summed E-state index contributed by atoms with van der Waals surface area (Å²) < 4.78 is 1.30. The summed E-state index contributed by atoms with van der Waals surface area (Å²) in [5.74, 6) is -1.27. The van der Waals surface area contributed by atoms with Crippen LogP contribution in [0.25, 0.3) is 11.3 Å². The average Bonchev–Trinajstić information content (AvgIpc) is 2.48. The summed E-state index contributed by atoms with van der Waals surface area (Å²) in [7, 11) is 0. The van der Waals surface area contributed by atoms with Gasteiger partial charge in [-0.25, -0.2) is 4.79 Å². The summed E-state index contributed by atoms with van der Waals surface area (Å²) in [4.78, 5) is 23.4. The van der Waals surface area contributed by atoms with Crippen molar-refractivity contribution in [2.75, 3.05) is 6.61 Å². The van der Waals surface area contributed by atoms with Crippen LogP contribution in [-0.4, -0.2) is 27.4 Å². The van der Waals surface area contributed by atoms with Crippen molar-refractivity contribution in [3.05, 3.63) is 57.9 Å². The van der Waals surface area contributed by atoms with Crippen molar-refractivity contribution in [3.8, 4) is 11.3 Å². The molecule has 0 atom stereocenters. The SMILES string of the molecule is CC(C)(C)c1ccc(-c2ccc(C(=O)O)c(=O)n2CCO)cc1. The number of pyridine rings is 1. The molecule has 1 aromatic heterocycles. The number of aliphatic hydroxyl groups excluding tert-OH is 1. The van der Waals surface area contributed by atoms with E-state index in [9.17, 15) is 14.7 Å². The minimum Gasteiger partial charge on any atom is -0.477 e. The van der Waals surface area contributed by atoms with Gasteiger partial charge in [0, 0.05) is 6.54 Å². The molecule has 0 aliphatic rings. The highest BCUT2D eigenvalue weighted by Gasteiger charge is 2.16. The topological polar surface area (TPSA) is 79.5 Å². The Morgan fingerprint density at radius 2 is 1.70 bits per heavy atom. The van der Waals surface area contributed by atoms with E-state index >= 15 is 0 Å². The third-order valence-electron chi connectivity index (χ3n) is 3.77. The van der Waals surface area contributed by atoms with Crippen molar-refractivity contribution in [1.29, 1.82) is 0 Å². The zero-order chi connectivity index (χ0) is 17.2. The molecule has 23 heavy (non-hydrogen) atoms. The minimum atomic E-state index is -1.27. The Labute approximate surface area is 134 Å². The number of aliphatic hydroxyl groups is 1. The molecule has 2 N–H and O–H groups in total. The number of aromatic nitrogens is 1. The molecule has 2 rings (SSSR count). The summed E-state index contributed by atoms with van der Waals surface area (Å²) in [5.41, 5.74) is 1.68. The third-order valence-corrected chi connectivity index (χ3v) is 3.77. The van der Waals surface area contributed by atoms with E-state index in [1.54, 1.807) is 6.07 Å². The fourth-order valence-electron chi connectivity index (χ4n) is 2.46. The van der Waals surface area contributed by atoms with Crippen LogP contribution in [0, 0.1) is 0 Å². The molecule has 5 nitrogen and oxygen atoms in total. The van der Waals surface area contributed by atoms with Gasteiger partial charge < -0.3 is 14.8 Å². The lowest BCUT2D eigenvalue weighted by Gasteiger charge is -2.20. The fraction of sp³-hybridized carbons (Fsp3) is 0.333. The van der Waals surface area contributed by atoms with Crippen LogP contribution < -0.4 is 5.56 Å². The molecule has 0 amide bonds. The van der Waals surface area contributed by atoms with Crippen LogP contribution in [0.3, 0.4) is 0 Å². The van der Waals surface area contributed by atoms with Crippen LogP contribution in [0.5, 0.6) is 0 Å². The van der Waals surface area contributed by atoms with E-state index in [-0.39, 0.29) is 24.1 Å². The highest BCUT2D eigenvalue weighted by Crippen LogP contribution is 2.25. The minimum absolute atomic E-state index is 0.0243. The molecular weight excluding hydrogens is 294 g/mol. The Morgan fingerprint density at radius 3 is 2.17 bits per heavy atom. The molecule has 2 aromatic rings. The second-order valence-corrected chi connectivity index (χ2v) is 6.45. The first-order valence-corrected chi connectivity index (χ1v) is 7.44. The maximum absolute atomic E-state index is 12.3. The van der Waals surface area contributed by atoms with Gasteiger partial charge in [-0.2, -0.15) is 0 Å². The van der Waals surface area contributed by atoms with Gasteiger partial charge in [-0.05, 0) is 28.7 Å². The number of hydrogen-bond donors (Lipinski definition) is 2. The van der Waals surface area contributed by atoms with Crippen LogP contribution in [0.2, 0.25) is 0 Å². The van der Waals surface area contributed by atoms with E-state index in [0.717, 1.165) is 5.56 Å². The summed E-state index contributed by atoms with van der Waals surface area (Å²) in [6, 6.07) is 10.7. The molecule has 0 saturated carbocycles. The van der Waals surface area contributed by atoms with E-state index in [2.05, 4.69) is 20.8 Å². The number of aromatic carboxylic acids is 1. The molecule has 0 aliphatic heterocycles. The predicted octanol–water partition coefficient (Wildman–Crippen LogP) is 2.50. The van der Waals surface area contributed by atoms with Gasteiger partial charge in [0.05, 0.1) is 12.3 Å². The summed E-state index contributed by atoms with van der Waals surface area (Å²) in [6.07, 6.45) is 0. The number of carboxylic acids is 1. The Balaban J connectivity index is 2.57. The van der Waals surface area contributed by atoms with Crippen molar-refractivity contribution >= 4 is 5.97 Å². The van der Waals surface area contributed by atoms with Crippen molar-refractivity contribution in [3.63, 3.8) is 0 Å². The monoisotopic (exact) mass is 315 g/mol. The van der Waals surface area contributed by atoms with Crippen molar-refractivity contribution in [1.82, 2.24) is 4.57 Å². The molecule has 0 unspecified atom stereocenters. The molecule has 5 heteroatoms. The molecular formula is C18H21NO4. The van der Waals surface area contributed by atoms with Crippen molar-refractivity contribution in [2.24, 2.45) is 0 Å². The van der Waals surface area contributed by atoms with Gasteiger partial charge in [0.15, 0.2) is 0 Å². The highest BCUT2D eigenvalue weighted by atomic mass is 16.4. The van der Waals surface area contributed by atoms with Crippen LogP contribution in [0.1, 0.15) is 36.7 Å². The number of carboxylic acid groups (broad SMARTS) is 1. The van der Waals surface area contributed by atoms with Gasteiger partial charge in [0.1, 0.15) is 5.56 Å². The zero-order valence-corrected chi connectivity index (χ0v) is 13.5. The molecule has 1 aromatic carbocycles. The molecule has 0 bridgehead atoms. The number of rotatable bonds is 4. The van der Waals surface area contributed by atoms with E-state index < -0.39 is 11.5 Å².